The molecule has 5 rings (SSSR count). The first kappa shape index (κ1) is 20.0. The van der Waals surface area contributed by atoms with Gasteiger partial charge in [-0.1, -0.05) is 11.2 Å². The Hall–Kier alpha value is -3.92. The highest BCUT2D eigenvalue weighted by molar-refractivity contribution is 7.13. The monoisotopic (exact) mass is 445 g/mol. The largest absolute Gasteiger partial charge is 0.337 e. The number of rotatable bonds is 5. The Labute approximate surface area is 187 Å². The number of nitrogens with zero attached hydrogens (tertiary/aromatic N) is 7. The average molecular weight is 446 g/mol. The van der Waals surface area contributed by atoms with Gasteiger partial charge in [0.15, 0.2) is 5.65 Å². The minimum Gasteiger partial charge on any atom is -0.337 e. The lowest BCUT2D eigenvalue weighted by atomic mass is 10.1. The van der Waals surface area contributed by atoms with Crippen LogP contribution in [0.25, 0.3) is 33.0 Å². The highest BCUT2D eigenvalue weighted by atomic mass is 32.1. The molecule has 1 amide bonds. The quantitative estimate of drug-likeness (QED) is 0.406. The predicted octanol–water partition coefficient (Wildman–Crippen LogP) is 3.72. The standard InChI is InChI=1S/C22H19N7O2S/c1-13-19-15(10-16(17-7-5-9-32-17)24-21(19)29(3)26-13)22(30)28(2)12-18-25-20(27-31-18)14-6-4-8-23-11-14/h4-11H,12H2,1-3H3. The van der Waals surface area contributed by atoms with E-state index in [2.05, 4.69) is 20.2 Å². The van der Waals surface area contributed by atoms with Gasteiger partial charge in [0.25, 0.3) is 5.91 Å². The van der Waals surface area contributed by atoms with Crippen LogP contribution in [-0.2, 0) is 13.6 Å². The number of aromatic nitrogens is 6. The normalized spacial score (nSPS) is 11.2. The number of hydrogen-bond acceptors (Lipinski definition) is 8. The first-order chi connectivity index (χ1) is 15.5. The van der Waals surface area contributed by atoms with E-state index in [1.165, 1.54) is 0 Å². The highest BCUT2D eigenvalue weighted by Crippen LogP contribution is 2.30. The zero-order chi connectivity index (χ0) is 22.2. The fourth-order valence-electron chi connectivity index (χ4n) is 3.58. The van der Waals surface area contributed by atoms with Crippen LogP contribution in [0, 0.1) is 6.92 Å². The van der Waals surface area contributed by atoms with Crippen molar-refractivity contribution in [2.24, 2.45) is 7.05 Å². The third-order valence-electron chi connectivity index (χ3n) is 5.08. The van der Waals surface area contributed by atoms with Gasteiger partial charge in [-0.05, 0) is 36.6 Å². The highest BCUT2D eigenvalue weighted by Gasteiger charge is 2.23. The molecule has 0 bridgehead atoms. The fourth-order valence-corrected chi connectivity index (χ4v) is 4.26. The van der Waals surface area contributed by atoms with Crippen molar-refractivity contribution in [3.05, 3.63) is 65.3 Å². The van der Waals surface area contributed by atoms with E-state index in [1.54, 1.807) is 46.4 Å². The molecule has 0 aliphatic rings. The van der Waals surface area contributed by atoms with Crippen LogP contribution in [0.15, 0.2) is 52.6 Å². The van der Waals surface area contributed by atoms with Gasteiger partial charge in [-0.3, -0.25) is 14.5 Å². The Balaban J connectivity index is 1.48. The molecule has 0 aliphatic carbocycles. The minimum atomic E-state index is -0.174. The van der Waals surface area contributed by atoms with E-state index in [0.29, 0.717) is 22.9 Å². The average Bonchev–Trinajstić information content (AvgIpc) is 3.55. The lowest BCUT2D eigenvalue weighted by Crippen LogP contribution is -2.26. The van der Waals surface area contributed by atoms with E-state index in [0.717, 1.165) is 27.2 Å². The smallest absolute Gasteiger partial charge is 0.254 e. The number of pyridine rings is 2. The lowest BCUT2D eigenvalue weighted by Gasteiger charge is -2.16. The van der Waals surface area contributed by atoms with E-state index in [1.807, 2.05) is 43.6 Å². The van der Waals surface area contributed by atoms with Gasteiger partial charge in [-0.2, -0.15) is 10.1 Å². The lowest BCUT2D eigenvalue weighted by molar-refractivity contribution is 0.0771. The molecular weight excluding hydrogens is 426 g/mol. The van der Waals surface area contributed by atoms with Crippen molar-refractivity contribution in [1.29, 1.82) is 0 Å². The van der Waals surface area contributed by atoms with Crippen molar-refractivity contribution in [2.45, 2.75) is 13.5 Å². The molecule has 5 aromatic heterocycles. The number of carbonyl (C=O) groups excluding carboxylic acids is 1. The Kier molecular flexibility index (Phi) is 4.98. The maximum absolute atomic E-state index is 13.5. The van der Waals surface area contributed by atoms with Crippen molar-refractivity contribution in [1.82, 2.24) is 34.8 Å². The maximum Gasteiger partial charge on any atom is 0.254 e. The maximum atomic E-state index is 13.5. The molecule has 0 saturated heterocycles. The van der Waals surface area contributed by atoms with Crippen LogP contribution in [-0.4, -0.2) is 47.7 Å². The third kappa shape index (κ3) is 3.54. The molecule has 0 aliphatic heterocycles. The zero-order valence-electron chi connectivity index (χ0n) is 17.7. The van der Waals surface area contributed by atoms with Crippen molar-refractivity contribution in [2.75, 3.05) is 7.05 Å². The number of fused-ring (bicyclic) bond motifs is 1. The van der Waals surface area contributed by atoms with E-state index in [9.17, 15) is 4.79 Å². The second kappa shape index (κ2) is 7.97. The Morgan fingerprint density at radius 1 is 1.25 bits per heavy atom. The van der Waals surface area contributed by atoms with Gasteiger partial charge in [0.2, 0.25) is 11.7 Å². The van der Waals surface area contributed by atoms with Gasteiger partial charge < -0.3 is 9.42 Å². The molecule has 0 unspecified atom stereocenters. The van der Waals surface area contributed by atoms with Crippen LogP contribution in [0.1, 0.15) is 21.9 Å². The van der Waals surface area contributed by atoms with Gasteiger partial charge in [0, 0.05) is 32.1 Å². The topological polar surface area (TPSA) is 103 Å². The molecule has 5 heterocycles. The summed E-state index contributed by atoms with van der Waals surface area (Å²) in [4.78, 5) is 29.3. The second-order valence-electron chi connectivity index (χ2n) is 7.35. The second-order valence-corrected chi connectivity index (χ2v) is 8.30. The number of amides is 1. The zero-order valence-corrected chi connectivity index (χ0v) is 18.5. The van der Waals surface area contributed by atoms with Crippen molar-refractivity contribution >= 4 is 28.3 Å². The molecule has 10 heteroatoms. The summed E-state index contributed by atoms with van der Waals surface area (Å²) in [6.45, 7) is 2.05. The molecule has 0 saturated carbocycles. The molecule has 0 radical (unpaired) electrons. The third-order valence-corrected chi connectivity index (χ3v) is 5.97. The minimum absolute atomic E-state index is 0.170. The number of hydrogen-bond donors (Lipinski definition) is 0. The molecule has 0 atom stereocenters. The summed E-state index contributed by atoms with van der Waals surface area (Å²) in [5.41, 5.74) is 3.45. The van der Waals surface area contributed by atoms with Gasteiger partial charge in [0.1, 0.15) is 0 Å². The first-order valence-electron chi connectivity index (χ1n) is 9.88. The molecule has 0 spiro atoms. The van der Waals surface area contributed by atoms with Crippen LogP contribution < -0.4 is 0 Å². The van der Waals surface area contributed by atoms with Gasteiger partial charge >= 0.3 is 0 Å². The van der Waals surface area contributed by atoms with Crippen LogP contribution in [0.5, 0.6) is 0 Å². The summed E-state index contributed by atoms with van der Waals surface area (Å²) in [5, 5.41) is 11.2. The molecule has 0 fully saturated rings. The number of aryl methyl sites for hydroxylation is 2. The van der Waals surface area contributed by atoms with Crippen LogP contribution in [0.4, 0.5) is 0 Å². The van der Waals surface area contributed by atoms with E-state index in [-0.39, 0.29) is 12.5 Å². The van der Waals surface area contributed by atoms with Crippen LogP contribution in [0.2, 0.25) is 0 Å². The molecular formula is C22H19N7O2S. The van der Waals surface area contributed by atoms with Crippen LogP contribution in [0.3, 0.4) is 0 Å². The van der Waals surface area contributed by atoms with E-state index in [4.69, 9.17) is 9.51 Å². The molecule has 160 valence electrons. The predicted molar refractivity (Wildman–Crippen MR) is 120 cm³/mol. The number of thiophene rings is 1. The Morgan fingerprint density at radius 3 is 2.88 bits per heavy atom. The molecule has 9 nitrogen and oxygen atoms in total. The summed E-state index contributed by atoms with van der Waals surface area (Å²) in [6.07, 6.45) is 3.34. The van der Waals surface area contributed by atoms with Gasteiger partial charge in [-0.25, -0.2) is 4.98 Å². The Morgan fingerprint density at radius 2 is 2.12 bits per heavy atom. The van der Waals surface area contributed by atoms with Crippen LogP contribution >= 0.6 is 11.3 Å². The number of carbonyl (C=O) groups is 1. The Bertz CT molecular complexity index is 1410. The summed E-state index contributed by atoms with van der Waals surface area (Å²) >= 11 is 1.57. The van der Waals surface area contributed by atoms with E-state index >= 15 is 0 Å². The fraction of sp³-hybridized carbons (Fsp3) is 0.182. The summed E-state index contributed by atoms with van der Waals surface area (Å²) in [5.74, 6) is 0.599. The summed E-state index contributed by atoms with van der Waals surface area (Å²) < 4.78 is 7.07. The van der Waals surface area contributed by atoms with E-state index < -0.39 is 0 Å². The summed E-state index contributed by atoms with van der Waals surface area (Å²) in [6, 6.07) is 9.43. The summed E-state index contributed by atoms with van der Waals surface area (Å²) in [7, 11) is 3.54. The SMILES string of the molecule is Cc1nn(C)c2nc(-c3cccs3)cc(C(=O)N(C)Cc3nc(-c4cccnc4)no3)c12. The molecule has 0 N–H and O–H groups in total. The molecule has 32 heavy (non-hydrogen) atoms. The first-order valence-corrected chi connectivity index (χ1v) is 10.8. The van der Waals surface area contributed by atoms with Crippen molar-refractivity contribution in [3.63, 3.8) is 0 Å². The molecule has 5 aromatic rings. The van der Waals surface area contributed by atoms with Gasteiger partial charge in [0.05, 0.1) is 33.8 Å². The van der Waals surface area contributed by atoms with Gasteiger partial charge in [-0.15, -0.1) is 11.3 Å². The van der Waals surface area contributed by atoms with Crippen molar-refractivity contribution < 1.29 is 9.32 Å². The van der Waals surface area contributed by atoms with Crippen molar-refractivity contribution in [3.8, 4) is 22.0 Å². The molecule has 0 aromatic carbocycles.